The first-order valence-corrected chi connectivity index (χ1v) is 11.4. The summed E-state index contributed by atoms with van der Waals surface area (Å²) < 4.78 is 14.0. The maximum absolute atomic E-state index is 14.0. The number of benzene rings is 1. The number of aryl methyl sites for hydroxylation is 2. The summed E-state index contributed by atoms with van der Waals surface area (Å²) in [5.41, 5.74) is 1.27. The maximum Gasteiger partial charge on any atom is 0.259 e. The van der Waals surface area contributed by atoms with Crippen LogP contribution in [0.15, 0.2) is 41.7 Å². The van der Waals surface area contributed by atoms with Crippen LogP contribution in [0.2, 0.25) is 0 Å². The highest BCUT2D eigenvalue weighted by Gasteiger charge is 2.22. The van der Waals surface area contributed by atoms with Crippen molar-refractivity contribution in [2.45, 2.75) is 38.3 Å². The standard InChI is InChI=1S/C22H24FN3O2S2/c1-5-10-26(11-16-8-6-7-9-17(16)23)22(28)15(4)29-12-18-24-20(27)19-13(2)14(3)30-21(19)25-18/h5-9,15H,1,10-12H2,2-4H3,(H,24,25,27). The summed E-state index contributed by atoms with van der Waals surface area (Å²) in [6.45, 7) is 9.91. The first-order chi connectivity index (χ1) is 14.3. The number of amides is 1. The van der Waals surface area contributed by atoms with Gasteiger partial charge in [-0.15, -0.1) is 29.7 Å². The van der Waals surface area contributed by atoms with Crippen LogP contribution in [0.1, 0.15) is 28.8 Å². The van der Waals surface area contributed by atoms with Crippen molar-refractivity contribution in [2.24, 2.45) is 0 Å². The van der Waals surface area contributed by atoms with Crippen LogP contribution >= 0.6 is 23.1 Å². The molecule has 8 heteroatoms. The number of thiophene rings is 1. The molecule has 0 bridgehead atoms. The summed E-state index contributed by atoms with van der Waals surface area (Å²) in [5, 5.41) is 0.252. The minimum Gasteiger partial charge on any atom is -0.334 e. The molecule has 1 aromatic carbocycles. The number of fused-ring (bicyclic) bond motifs is 1. The minimum absolute atomic E-state index is 0.116. The van der Waals surface area contributed by atoms with Crippen molar-refractivity contribution >= 4 is 39.2 Å². The molecule has 1 N–H and O–H groups in total. The summed E-state index contributed by atoms with van der Waals surface area (Å²) >= 11 is 2.89. The SMILES string of the molecule is C=CCN(Cc1ccccc1F)C(=O)C(C)SCc1nc2sc(C)c(C)c2c(=O)[nH]1. The van der Waals surface area contributed by atoms with Gasteiger partial charge in [-0.1, -0.05) is 24.3 Å². The number of rotatable bonds is 8. The van der Waals surface area contributed by atoms with Gasteiger partial charge in [-0.2, -0.15) is 0 Å². The van der Waals surface area contributed by atoms with Gasteiger partial charge in [-0.3, -0.25) is 9.59 Å². The molecule has 2 aromatic heterocycles. The van der Waals surface area contributed by atoms with E-state index in [1.807, 2.05) is 13.8 Å². The monoisotopic (exact) mass is 445 g/mol. The van der Waals surface area contributed by atoms with Gasteiger partial charge < -0.3 is 9.88 Å². The molecule has 0 saturated carbocycles. The zero-order valence-corrected chi connectivity index (χ0v) is 18.8. The lowest BCUT2D eigenvalue weighted by molar-refractivity contribution is -0.130. The van der Waals surface area contributed by atoms with Gasteiger partial charge in [0.05, 0.1) is 16.4 Å². The van der Waals surface area contributed by atoms with E-state index in [1.165, 1.54) is 29.2 Å². The van der Waals surface area contributed by atoms with Gasteiger partial charge in [0, 0.05) is 23.5 Å². The number of nitrogens with zero attached hydrogens (tertiary/aromatic N) is 2. The zero-order valence-electron chi connectivity index (χ0n) is 17.2. The zero-order chi connectivity index (χ0) is 21.8. The highest BCUT2D eigenvalue weighted by Crippen LogP contribution is 2.27. The van der Waals surface area contributed by atoms with E-state index in [0.29, 0.717) is 29.1 Å². The molecule has 158 valence electrons. The third-order valence-electron chi connectivity index (χ3n) is 4.89. The lowest BCUT2D eigenvalue weighted by Crippen LogP contribution is -2.36. The fraction of sp³-hybridized carbons (Fsp3) is 0.318. The van der Waals surface area contributed by atoms with E-state index in [-0.39, 0.29) is 29.1 Å². The van der Waals surface area contributed by atoms with E-state index in [1.54, 1.807) is 36.1 Å². The molecule has 0 spiro atoms. The van der Waals surface area contributed by atoms with E-state index in [4.69, 9.17) is 0 Å². The van der Waals surface area contributed by atoms with Crippen LogP contribution in [0.5, 0.6) is 0 Å². The molecule has 0 radical (unpaired) electrons. The van der Waals surface area contributed by atoms with Crippen LogP contribution in [0, 0.1) is 19.7 Å². The Morgan fingerprint density at radius 1 is 1.40 bits per heavy atom. The fourth-order valence-electron chi connectivity index (χ4n) is 3.12. The molecule has 0 fully saturated rings. The van der Waals surface area contributed by atoms with Crippen molar-refractivity contribution in [3.8, 4) is 0 Å². The van der Waals surface area contributed by atoms with Gasteiger partial charge >= 0.3 is 0 Å². The Balaban J connectivity index is 1.71. The van der Waals surface area contributed by atoms with Gasteiger partial charge in [0.1, 0.15) is 16.5 Å². The Bertz CT molecular complexity index is 1140. The maximum atomic E-state index is 14.0. The van der Waals surface area contributed by atoms with E-state index in [9.17, 15) is 14.0 Å². The number of hydrogen-bond donors (Lipinski definition) is 1. The lowest BCUT2D eigenvalue weighted by Gasteiger charge is -2.24. The van der Waals surface area contributed by atoms with E-state index in [2.05, 4.69) is 16.5 Å². The van der Waals surface area contributed by atoms with Gasteiger partial charge in [0.15, 0.2) is 0 Å². The number of hydrogen-bond acceptors (Lipinski definition) is 5. The highest BCUT2D eigenvalue weighted by atomic mass is 32.2. The lowest BCUT2D eigenvalue weighted by atomic mass is 10.2. The number of thioether (sulfide) groups is 1. The molecule has 0 aliphatic carbocycles. The molecule has 1 amide bonds. The molecule has 3 rings (SSSR count). The van der Waals surface area contributed by atoms with Crippen LogP contribution in [-0.4, -0.2) is 32.6 Å². The second-order valence-corrected chi connectivity index (χ2v) is 9.56. The Kier molecular flexibility index (Phi) is 7.10. The summed E-state index contributed by atoms with van der Waals surface area (Å²) in [7, 11) is 0. The van der Waals surface area contributed by atoms with Gasteiger partial charge in [0.25, 0.3) is 5.56 Å². The molecule has 1 atom stereocenters. The highest BCUT2D eigenvalue weighted by molar-refractivity contribution is 7.99. The number of carbonyl (C=O) groups excluding carboxylic acids is 1. The molecule has 5 nitrogen and oxygen atoms in total. The van der Waals surface area contributed by atoms with Crippen LogP contribution in [0.4, 0.5) is 4.39 Å². The number of nitrogens with one attached hydrogen (secondary N) is 1. The van der Waals surface area contributed by atoms with Crippen molar-refractivity contribution in [3.05, 3.63) is 74.9 Å². The third kappa shape index (κ3) is 4.82. The van der Waals surface area contributed by atoms with Crippen molar-refractivity contribution in [3.63, 3.8) is 0 Å². The first kappa shape index (κ1) is 22.2. The van der Waals surface area contributed by atoms with E-state index < -0.39 is 0 Å². The fourth-order valence-corrected chi connectivity index (χ4v) is 5.01. The van der Waals surface area contributed by atoms with Gasteiger partial charge in [-0.25, -0.2) is 9.37 Å². The molecule has 30 heavy (non-hydrogen) atoms. The largest absolute Gasteiger partial charge is 0.334 e. The van der Waals surface area contributed by atoms with Gasteiger partial charge in [-0.05, 0) is 32.4 Å². The van der Waals surface area contributed by atoms with Crippen LogP contribution < -0.4 is 5.56 Å². The Morgan fingerprint density at radius 3 is 2.83 bits per heavy atom. The number of carbonyl (C=O) groups is 1. The van der Waals surface area contributed by atoms with Crippen LogP contribution in [0.3, 0.4) is 0 Å². The molecule has 0 saturated heterocycles. The summed E-state index contributed by atoms with van der Waals surface area (Å²) in [5.74, 6) is 0.490. The summed E-state index contributed by atoms with van der Waals surface area (Å²) in [4.78, 5) is 36.1. The average Bonchev–Trinajstić information content (AvgIpc) is 3.00. The average molecular weight is 446 g/mol. The van der Waals surface area contributed by atoms with Crippen molar-refractivity contribution in [1.29, 1.82) is 0 Å². The van der Waals surface area contributed by atoms with Gasteiger partial charge in [0.2, 0.25) is 5.91 Å². The first-order valence-electron chi connectivity index (χ1n) is 9.55. The molecule has 1 unspecified atom stereocenters. The molecule has 0 aliphatic rings. The second kappa shape index (κ2) is 9.57. The molecular weight excluding hydrogens is 421 g/mol. The number of H-pyrrole nitrogens is 1. The van der Waals surface area contributed by atoms with Crippen molar-refractivity contribution in [2.75, 3.05) is 6.54 Å². The topological polar surface area (TPSA) is 66.1 Å². The molecule has 0 aliphatic heterocycles. The minimum atomic E-state index is -0.385. The smallest absolute Gasteiger partial charge is 0.259 e. The van der Waals surface area contributed by atoms with E-state index in [0.717, 1.165) is 15.3 Å². The Hall–Kier alpha value is -2.45. The molecule has 3 aromatic rings. The number of aromatic amines is 1. The van der Waals surface area contributed by atoms with Crippen LogP contribution in [0.25, 0.3) is 10.2 Å². The van der Waals surface area contributed by atoms with E-state index >= 15 is 0 Å². The predicted octanol–water partition coefficient (Wildman–Crippen LogP) is 4.58. The Morgan fingerprint density at radius 2 is 2.13 bits per heavy atom. The van der Waals surface area contributed by atoms with Crippen molar-refractivity contribution < 1.29 is 9.18 Å². The molecular formula is C22H24FN3O2S2. The Labute approximate surface area is 183 Å². The summed E-state index contributed by atoms with van der Waals surface area (Å²) in [6, 6.07) is 6.43. The van der Waals surface area contributed by atoms with Crippen molar-refractivity contribution in [1.82, 2.24) is 14.9 Å². The normalized spacial score (nSPS) is 12.1. The third-order valence-corrected chi connectivity index (χ3v) is 7.13. The number of aromatic nitrogens is 2. The summed E-state index contributed by atoms with van der Waals surface area (Å²) in [6.07, 6.45) is 1.63. The predicted molar refractivity (Wildman–Crippen MR) is 122 cm³/mol. The number of halogens is 1. The van der Waals surface area contributed by atoms with Crippen LogP contribution in [-0.2, 0) is 17.1 Å². The quantitative estimate of drug-likeness (QED) is 0.516. The molecule has 2 heterocycles. The second-order valence-electron chi connectivity index (χ2n) is 7.03.